The second kappa shape index (κ2) is 5.91. The fraction of sp³-hybridized carbons (Fsp3) is 0. The molecule has 0 aliphatic carbocycles. The Morgan fingerprint density at radius 1 is 1.20 bits per heavy atom. The SMILES string of the molecule is Nc1cc(Cl)c(Cl)cc1NC(=O)c1cc(Br)ccc1O. The zero-order valence-corrected chi connectivity index (χ0v) is 13.1. The maximum atomic E-state index is 12.1. The van der Waals surface area contributed by atoms with Crippen molar-refractivity contribution in [2.24, 2.45) is 0 Å². The second-order valence-electron chi connectivity index (χ2n) is 3.97. The molecule has 0 aliphatic heterocycles. The van der Waals surface area contributed by atoms with Gasteiger partial charge in [-0.15, -0.1) is 0 Å². The lowest BCUT2D eigenvalue weighted by molar-refractivity contribution is 0.102. The summed E-state index contributed by atoms with van der Waals surface area (Å²) in [5.41, 5.74) is 6.47. The molecule has 0 spiro atoms. The van der Waals surface area contributed by atoms with Crippen molar-refractivity contribution in [3.05, 3.63) is 50.4 Å². The predicted molar refractivity (Wildman–Crippen MR) is 84.6 cm³/mol. The molecule has 0 aliphatic rings. The highest BCUT2D eigenvalue weighted by Gasteiger charge is 2.14. The van der Waals surface area contributed by atoms with Gasteiger partial charge in [-0.2, -0.15) is 0 Å². The maximum Gasteiger partial charge on any atom is 0.259 e. The summed E-state index contributed by atoms with van der Waals surface area (Å²) in [6.45, 7) is 0. The Hall–Kier alpha value is -1.43. The highest BCUT2D eigenvalue weighted by atomic mass is 79.9. The monoisotopic (exact) mass is 374 g/mol. The Labute approximate surface area is 133 Å². The van der Waals surface area contributed by atoms with Crippen LogP contribution in [0.4, 0.5) is 11.4 Å². The summed E-state index contributed by atoms with van der Waals surface area (Å²) in [6.07, 6.45) is 0. The van der Waals surface area contributed by atoms with Gasteiger partial charge in [-0.25, -0.2) is 0 Å². The number of benzene rings is 2. The highest BCUT2D eigenvalue weighted by Crippen LogP contribution is 2.31. The molecule has 0 fully saturated rings. The number of phenolic OH excluding ortho intramolecular Hbond substituents is 1. The predicted octanol–water partition coefficient (Wildman–Crippen LogP) is 4.30. The Balaban J connectivity index is 2.32. The first-order valence-electron chi connectivity index (χ1n) is 5.43. The van der Waals surface area contributed by atoms with Crippen LogP contribution < -0.4 is 11.1 Å². The maximum absolute atomic E-state index is 12.1. The lowest BCUT2D eigenvalue weighted by atomic mass is 10.2. The minimum atomic E-state index is -0.506. The number of phenols is 1. The van der Waals surface area contributed by atoms with Crippen LogP contribution in [0.5, 0.6) is 5.75 Å². The number of rotatable bonds is 2. The molecule has 0 aromatic heterocycles. The van der Waals surface area contributed by atoms with E-state index < -0.39 is 5.91 Å². The lowest BCUT2D eigenvalue weighted by Crippen LogP contribution is -2.13. The van der Waals surface area contributed by atoms with E-state index in [1.54, 1.807) is 6.07 Å². The van der Waals surface area contributed by atoms with Crippen molar-refractivity contribution in [1.82, 2.24) is 0 Å². The minimum absolute atomic E-state index is 0.116. The van der Waals surface area contributed by atoms with Gasteiger partial charge in [0.1, 0.15) is 5.75 Å². The molecular formula is C13H9BrCl2N2O2. The largest absolute Gasteiger partial charge is 0.507 e. The molecule has 4 N–H and O–H groups in total. The van der Waals surface area contributed by atoms with Crippen LogP contribution in [0.1, 0.15) is 10.4 Å². The minimum Gasteiger partial charge on any atom is -0.507 e. The molecule has 0 bridgehead atoms. The average molecular weight is 376 g/mol. The van der Waals surface area contributed by atoms with Crippen LogP contribution in [-0.4, -0.2) is 11.0 Å². The van der Waals surface area contributed by atoms with E-state index in [9.17, 15) is 9.90 Å². The fourth-order valence-electron chi connectivity index (χ4n) is 1.55. The summed E-state index contributed by atoms with van der Waals surface area (Å²) in [6, 6.07) is 7.43. The number of nitrogen functional groups attached to an aromatic ring is 1. The van der Waals surface area contributed by atoms with Crippen LogP contribution >= 0.6 is 39.1 Å². The number of aromatic hydroxyl groups is 1. The van der Waals surface area contributed by atoms with Crippen molar-refractivity contribution >= 4 is 56.4 Å². The normalized spacial score (nSPS) is 10.3. The molecule has 0 saturated carbocycles. The molecule has 0 atom stereocenters. The molecule has 2 aromatic carbocycles. The van der Waals surface area contributed by atoms with Crippen LogP contribution in [0.2, 0.25) is 10.0 Å². The third-order valence-corrected chi connectivity index (χ3v) is 3.76. The zero-order valence-electron chi connectivity index (χ0n) is 9.95. The smallest absolute Gasteiger partial charge is 0.259 e. The van der Waals surface area contributed by atoms with E-state index in [-0.39, 0.29) is 22.0 Å². The standard InChI is InChI=1S/C13H9BrCl2N2O2/c14-6-1-2-12(19)7(3-6)13(20)18-11-5-9(16)8(15)4-10(11)17/h1-5,19H,17H2,(H,18,20). The van der Waals surface area contributed by atoms with E-state index in [4.69, 9.17) is 28.9 Å². The van der Waals surface area contributed by atoms with Gasteiger partial charge in [0.25, 0.3) is 5.91 Å². The summed E-state index contributed by atoms with van der Waals surface area (Å²) >= 11 is 14.9. The van der Waals surface area contributed by atoms with Crippen molar-refractivity contribution < 1.29 is 9.90 Å². The third-order valence-electron chi connectivity index (χ3n) is 2.54. The fourth-order valence-corrected chi connectivity index (χ4v) is 2.25. The molecular weight excluding hydrogens is 367 g/mol. The summed E-state index contributed by atoms with van der Waals surface area (Å²) in [4.78, 5) is 12.1. The van der Waals surface area contributed by atoms with Gasteiger partial charge in [0.05, 0.1) is 27.0 Å². The Morgan fingerprint density at radius 3 is 2.55 bits per heavy atom. The number of nitrogens with two attached hydrogens (primary N) is 1. The molecule has 104 valence electrons. The number of carbonyl (C=O) groups is 1. The quantitative estimate of drug-likeness (QED) is 0.685. The molecule has 1 amide bonds. The highest BCUT2D eigenvalue weighted by molar-refractivity contribution is 9.10. The van der Waals surface area contributed by atoms with Crippen LogP contribution in [0.25, 0.3) is 0 Å². The average Bonchev–Trinajstić information content (AvgIpc) is 2.38. The molecule has 20 heavy (non-hydrogen) atoms. The molecule has 0 heterocycles. The zero-order chi connectivity index (χ0) is 14.9. The molecule has 0 unspecified atom stereocenters. The number of anilines is 2. The Kier molecular flexibility index (Phi) is 4.42. The Bertz CT molecular complexity index is 692. The van der Waals surface area contributed by atoms with Crippen LogP contribution in [-0.2, 0) is 0 Å². The third kappa shape index (κ3) is 3.17. The number of amides is 1. The Morgan fingerprint density at radius 2 is 1.85 bits per heavy atom. The van der Waals surface area contributed by atoms with E-state index in [1.165, 1.54) is 24.3 Å². The van der Waals surface area contributed by atoms with Gasteiger partial charge in [0.15, 0.2) is 0 Å². The first-order valence-corrected chi connectivity index (χ1v) is 6.98. The second-order valence-corrected chi connectivity index (χ2v) is 5.70. The number of hydrogen-bond donors (Lipinski definition) is 3. The number of halogens is 3. The number of carbonyl (C=O) groups excluding carboxylic acids is 1. The van der Waals surface area contributed by atoms with Crippen molar-refractivity contribution in [2.75, 3.05) is 11.1 Å². The van der Waals surface area contributed by atoms with Crippen LogP contribution in [0.15, 0.2) is 34.8 Å². The molecule has 0 radical (unpaired) electrons. The van der Waals surface area contributed by atoms with Crippen molar-refractivity contribution in [1.29, 1.82) is 0 Å². The number of nitrogens with one attached hydrogen (secondary N) is 1. The van der Waals surface area contributed by atoms with Crippen molar-refractivity contribution in [3.63, 3.8) is 0 Å². The van der Waals surface area contributed by atoms with Gasteiger partial charge in [-0.05, 0) is 30.3 Å². The molecule has 2 rings (SSSR count). The van der Waals surface area contributed by atoms with E-state index in [2.05, 4.69) is 21.2 Å². The lowest BCUT2D eigenvalue weighted by Gasteiger charge is -2.10. The van der Waals surface area contributed by atoms with Crippen LogP contribution in [0.3, 0.4) is 0 Å². The molecule has 7 heteroatoms. The van der Waals surface area contributed by atoms with E-state index in [0.717, 1.165) is 0 Å². The van der Waals surface area contributed by atoms with Crippen LogP contribution in [0, 0.1) is 0 Å². The first-order chi connectivity index (χ1) is 9.38. The van der Waals surface area contributed by atoms with Gasteiger partial charge < -0.3 is 16.2 Å². The number of hydrogen-bond acceptors (Lipinski definition) is 3. The summed E-state index contributed by atoms with van der Waals surface area (Å²) < 4.78 is 0.669. The van der Waals surface area contributed by atoms with Gasteiger partial charge in [-0.1, -0.05) is 39.1 Å². The first kappa shape index (κ1) is 15.0. The van der Waals surface area contributed by atoms with Crippen molar-refractivity contribution in [3.8, 4) is 5.75 Å². The van der Waals surface area contributed by atoms with Crippen molar-refractivity contribution in [2.45, 2.75) is 0 Å². The van der Waals surface area contributed by atoms with E-state index in [0.29, 0.717) is 15.2 Å². The van der Waals surface area contributed by atoms with E-state index in [1.807, 2.05) is 0 Å². The van der Waals surface area contributed by atoms with Gasteiger partial charge in [-0.3, -0.25) is 4.79 Å². The molecule has 2 aromatic rings. The molecule has 0 saturated heterocycles. The summed E-state index contributed by atoms with van der Waals surface area (Å²) in [7, 11) is 0. The summed E-state index contributed by atoms with van der Waals surface area (Å²) in [5, 5.41) is 12.8. The van der Waals surface area contributed by atoms with E-state index >= 15 is 0 Å². The van der Waals surface area contributed by atoms with Gasteiger partial charge in [0, 0.05) is 4.47 Å². The summed E-state index contributed by atoms with van der Waals surface area (Å²) in [5.74, 6) is -0.641. The van der Waals surface area contributed by atoms with Gasteiger partial charge in [0.2, 0.25) is 0 Å². The topological polar surface area (TPSA) is 75.3 Å². The molecule has 4 nitrogen and oxygen atoms in total. The van der Waals surface area contributed by atoms with Gasteiger partial charge >= 0.3 is 0 Å².